The average Bonchev–Trinajstić information content (AvgIpc) is 2.77. The van der Waals surface area contributed by atoms with E-state index in [-0.39, 0.29) is 11.7 Å². The summed E-state index contributed by atoms with van der Waals surface area (Å²) in [4.78, 5) is 17.9. The number of anilines is 1. The van der Waals surface area contributed by atoms with Gasteiger partial charge in [0.25, 0.3) is 5.91 Å². The van der Waals surface area contributed by atoms with Crippen molar-refractivity contribution in [2.24, 2.45) is 4.99 Å². The van der Waals surface area contributed by atoms with E-state index in [1.807, 2.05) is 43.3 Å². The lowest BCUT2D eigenvalue weighted by molar-refractivity contribution is -0.113. The molecule has 0 unspecified atom stereocenters. The predicted octanol–water partition coefficient (Wildman–Crippen LogP) is 3.87. The van der Waals surface area contributed by atoms with Gasteiger partial charge in [0, 0.05) is 23.0 Å². The van der Waals surface area contributed by atoms with Gasteiger partial charge in [-0.1, -0.05) is 30.0 Å². The molecule has 0 aliphatic carbocycles. The Bertz CT molecular complexity index is 1030. The molecule has 3 rings (SSSR count). The minimum atomic E-state index is -0.600. The van der Waals surface area contributed by atoms with Gasteiger partial charge in [0.05, 0.1) is 31.6 Å². The quantitative estimate of drug-likeness (QED) is 0.734. The molecule has 2 aromatic rings. The van der Waals surface area contributed by atoms with Crippen molar-refractivity contribution in [2.45, 2.75) is 13.0 Å². The molecule has 7 nitrogen and oxygen atoms in total. The molecule has 1 amide bonds. The second-order valence-electron chi connectivity index (χ2n) is 6.38. The second-order valence-corrected chi connectivity index (χ2v) is 7.34. The number of allylic oxidation sites excluding steroid dienone is 1. The first kappa shape index (κ1) is 21.3. The Labute approximate surface area is 179 Å². The summed E-state index contributed by atoms with van der Waals surface area (Å²) in [6.45, 7) is 1.82. The summed E-state index contributed by atoms with van der Waals surface area (Å²) >= 11 is 1.28. The van der Waals surface area contributed by atoms with Crippen LogP contribution in [0.15, 0.2) is 64.8 Å². The molecule has 0 saturated heterocycles. The molecule has 2 N–H and O–H groups in total. The summed E-state index contributed by atoms with van der Waals surface area (Å²) < 4.78 is 10.8. The topological polar surface area (TPSA) is 95.7 Å². The number of para-hydroxylation sites is 1. The van der Waals surface area contributed by atoms with Gasteiger partial charge >= 0.3 is 0 Å². The van der Waals surface area contributed by atoms with E-state index >= 15 is 0 Å². The van der Waals surface area contributed by atoms with Gasteiger partial charge in [-0.3, -0.25) is 4.79 Å². The van der Waals surface area contributed by atoms with Crippen molar-refractivity contribution in [2.75, 3.05) is 25.3 Å². The second kappa shape index (κ2) is 9.85. The maximum Gasteiger partial charge on any atom is 0.255 e. The normalized spacial score (nSPS) is 15.5. The number of hydrogen-bond acceptors (Lipinski definition) is 7. The summed E-state index contributed by atoms with van der Waals surface area (Å²) in [6.07, 6.45) is 0. The van der Waals surface area contributed by atoms with E-state index < -0.39 is 6.04 Å². The van der Waals surface area contributed by atoms with Gasteiger partial charge in [-0.05, 0) is 31.2 Å². The minimum Gasteiger partial charge on any atom is -0.497 e. The molecule has 0 bridgehead atoms. The third-order valence-electron chi connectivity index (χ3n) is 4.50. The Morgan fingerprint density at radius 1 is 1.23 bits per heavy atom. The minimum absolute atomic E-state index is 0.247. The number of thioether (sulfide) groups is 1. The number of rotatable bonds is 6. The van der Waals surface area contributed by atoms with Crippen LogP contribution in [0, 0.1) is 11.3 Å². The van der Waals surface area contributed by atoms with E-state index in [0.717, 1.165) is 5.56 Å². The fourth-order valence-corrected chi connectivity index (χ4v) is 3.71. The number of carbonyl (C=O) groups is 1. The van der Waals surface area contributed by atoms with Gasteiger partial charge < -0.3 is 20.1 Å². The zero-order valence-electron chi connectivity index (χ0n) is 16.9. The van der Waals surface area contributed by atoms with E-state index in [0.29, 0.717) is 33.6 Å². The van der Waals surface area contributed by atoms with E-state index in [1.165, 1.54) is 11.8 Å². The summed E-state index contributed by atoms with van der Waals surface area (Å²) in [5.41, 5.74) is 2.56. The smallest absolute Gasteiger partial charge is 0.255 e. The first-order chi connectivity index (χ1) is 14.6. The molecule has 0 saturated carbocycles. The van der Waals surface area contributed by atoms with E-state index in [4.69, 9.17) is 19.7 Å². The summed E-state index contributed by atoms with van der Waals surface area (Å²) in [5, 5.41) is 15.6. The maximum absolute atomic E-state index is 13.2. The monoisotopic (exact) mass is 422 g/mol. The molecule has 1 aliphatic heterocycles. The Hall–Kier alpha value is -3.44. The summed E-state index contributed by atoms with van der Waals surface area (Å²) in [7, 11) is 3.14. The highest BCUT2D eigenvalue weighted by atomic mass is 32.2. The molecule has 0 spiro atoms. The molecule has 2 aromatic carbocycles. The van der Waals surface area contributed by atoms with E-state index in [2.05, 4.69) is 16.7 Å². The lowest BCUT2D eigenvalue weighted by Gasteiger charge is -2.27. The first-order valence-corrected chi connectivity index (χ1v) is 10.2. The van der Waals surface area contributed by atoms with Crippen LogP contribution in [0.25, 0.3) is 0 Å². The molecular weight excluding hydrogens is 400 g/mol. The molecule has 0 radical (unpaired) electrons. The number of aliphatic imine (C=N–C) groups is 1. The molecule has 0 aromatic heterocycles. The maximum atomic E-state index is 13.2. The third kappa shape index (κ3) is 4.75. The molecule has 154 valence electrons. The highest BCUT2D eigenvalue weighted by Gasteiger charge is 2.31. The largest absolute Gasteiger partial charge is 0.497 e. The van der Waals surface area contributed by atoms with E-state index in [1.54, 1.807) is 26.4 Å². The van der Waals surface area contributed by atoms with Crippen LogP contribution in [-0.2, 0) is 4.79 Å². The highest BCUT2D eigenvalue weighted by Crippen LogP contribution is 2.39. The van der Waals surface area contributed by atoms with Crippen LogP contribution >= 0.6 is 11.8 Å². The first-order valence-electron chi connectivity index (χ1n) is 9.21. The van der Waals surface area contributed by atoms with Crippen molar-refractivity contribution in [1.82, 2.24) is 5.32 Å². The van der Waals surface area contributed by atoms with Crippen molar-refractivity contribution in [3.8, 4) is 17.6 Å². The van der Waals surface area contributed by atoms with Gasteiger partial charge in [-0.2, -0.15) is 5.26 Å². The molecule has 1 atom stereocenters. The van der Waals surface area contributed by atoms with Gasteiger partial charge in [0.2, 0.25) is 0 Å². The van der Waals surface area contributed by atoms with Crippen LogP contribution in [0.5, 0.6) is 11.5 Å². The lowest BCUT2D eigenvalue weighted by atomic mass is 9.95. The Morgan fingerprint density at radius 3 is 2.67 bits per heavy atom. The van der Waals surface area contributed by atoms with Crippen LogP contribution in [-0.4, -0.2) is 31.0 Å². The molecule has 1 aliphatic rings. The summed E-state index contributed by atoms with van der Waals surface area (Å²) in [6, 6.07) is 16.1. The zero-order chi connectivity index (χ0) is 21.5. The van der Waals surface area contributed by atoms with Crippen molar-refractivity contribution in [1.29, 1.82) is 5.26 Å². The molecule has 8 heteroatoms. The molecular formula is C22H22N4O3S. The predicted molar refractivity (Wildman–Crippen MR) is 119 cm³/mol. The molecule has 30 heavy (non-hydrogen) atoms. The number of carbonyl (C=O) groups excluding carboxylic acids is 1. The Balaban J connectivity index is 2.03. The van der Waals surface area contributed by atoms with Crippen LogP contribution in [0.4, 0.5) is 5.69 Å². The number of amides is 1. The Morgan fingerprint density at radius 2 is 2.00 bits per heavy atom. The number of amidine groups is 1. The van der Waals surface area contributed by atoms with Crippen molar-refractivity contribution in [3.05, 3.63) is 65.4 Å². The van der Waals surface area contributed by atoms with Crippen LogP contribution < -0.4 is 20.1 Å². The van der Waals surface area contributed by atoms with Gasteiger partial charge in [0.1, 0.15) is 17.5 Å². The molecule has 0 fully saturated rings. The fourth-order valence-electron chi connectivity index (χ4n) is 3.10. The summed E-state index contributed by atoms with van der Waals surface area (Å²) in [5.74, 6) is 1.19. The number of nitrogens with zero attached hydrogens (tertiary/aromatic N) is 2. The lowest BCUT2D eigenvalue weighted by Crippen LogP contribution is -2.32. The van der Waals surface area contributed by atoms with Crippen LogP contribution in [0.3, 0.4) is 0 Å². The van der Waals surface area contributed by atoms with Crippen molar-refractivity contribution >= 4 is 28.5 Å². The van der Waals surface area contributed by atoms with E-state index in [9.17, 15) is 4.79 Å². The van der Waals surface area contributed by atoms with Crippen molar-refractivity contribution in [3.63, 3.8) is 0 Å². The number of methoxy groups -OCH3 is 2. The number of nitriles is 1. The highest BCUT2D eigenvalue weighted by molar-refractivity contribution is 8.14. The number of hydrogen-bond donors (Lipinski definition) is 2. The Kier molecular flexibility index (Phi) is 6.99. The van der Waals surface area contributed by atoms with Crippen molar-refractivity contribution < 1.29 is 14.3 Å². The number of ether oxygens (including phenoxy) is 2. The van der Waals surface area contributed by atoms with Gasteiger partial charge in [-0.25, -0.2) is 4.99 Å². The molecule has 1 heterocycles. The van der Waals surface area contributed by atoms with Gasteiger partial charge in [0.15, 0.2) is 5.17 Å². The van der Waals surface area contributed by atoms with Gasteiger partial charge in [-0.15, -0.1) is 0 Å². The number of benzene rings is 2. The van der Waals surface area contributed by atoms with Crippen LogP contribution in [0.1, 0.15) is 18.5 Å². The zero-order valence-corrected chi connectivity index (χ0v) is 17.7. The third-order valence-corrected chi connectivity index (χ3v) is 5.26. The number of nitrogens with one attached hydrogen (secondary N) is 2. The fraction of sp³-hybridized carbons (Fsp3) is 0.227. The average molecular weight is 423 g/mol. The standard InChI is InChI=1S/C22H22N4O3S/c1-14-19(21(27)25-15-7-5-4-6-8-15)20(26-22(24-14)30-12-11-23)17-10-9-16(28-2)13-18(17)29-3/h4-10,13,20H,12H2,1-3H3,(H,24,26)(H,25,27)/t20-/m1/s1. The SMILES string of the molecule is COc1ccc([C@H]2N=C(SCC#N)NC(C)=C2C(=O)Nc2ccccc2)c(OC)c1. The van der Waals surface area contributed by atoms with Crippen LogP contribution in [0.2, 0.25) is 0 Å².